The van der Waals surface area contributed by atoms with Gasteiger partial charge in [-0.05, 0) is 44.3 Å². The first-order valence-corrected chi connectivity index (χ1v) is 6.40. The van der Waals surface area contributed by atoms with Crippen molar-refractivity contribution >= 4 is 11.8 Å². The van der Waals surface area contributed by atoms with Crippen LogP contribution < -0.4 is 10.6 Å². The van der Waals surface area contributed by atoms with Crippen LogP contribution in [0.1, 0.15) is 29.8 Å². The van der Waals surface area contributed by atoms with Gasteiger partial charge in [0.05, 0.1) is 6.07 Å². The smallest absolute Gasteiger partial charge is 0.395 e. The van der Waals surface area contributed by atoms with Crippen molar-refractivity contribution in [2.24, 2.45) is 5.92 Å². The molecule has 7 nitrogen and oxygen atoms in total. The summed E-state index contributed by atoms with van der Waals surface area (Å²) in [6.07, 6.45) is 3.25. The first-order chi connectivity index (χ1) is 9.16. The minimum absolute atomic E-state index is 0.0199. The van der Waals surface area contributed by atoms with E-state index >= 15 is 0 Å². The molecule has 0 saturated carbocycles. The number of carbonyl (C=O) groups excluding carboxylic acids is 1. The average Bonchev–Trinajstić information content (AvgIpc) is 2.89. The summed E-state index contributed by atoms with van der Waals surface area (Å²) in [5.74, 6) is -0.257. The van der Waals surface area contributed by atoms with Gasteiger partial charge in [-0.2, -0.15) is 0 Å². The van der Waals surface area contributed by atoms with E-state index in [1.807, 2.05) is 0 Å². The molecule has 2 N–H and O–H groups in total. The molecule has 1 aromatic heterocycles. The topological polar surface area (TPSA) is 97.4 Å². The summed E-state index contributed by atoms with van der Waals surface area (Å²) in [5.41, 5.74) is 0. The Labute approximate surface area is 110 Å². The Hall–Kier alpha value is -1.89. The van der Waals surface area contributed by atoms with E-state index in [0.29, 0.717) is 12.5 Å². The SMILES string of the molecule is O=C(NCCC1CCCNC1)c1ccc([N+](=O)[O-])o1. The molecule has 0 radical (unpaired) electrons. The molecule has 104 valence electrons. The number of hydrogen-bond acceptors (Lipinski definition) is 5. The summed E-state index contributed by atoms with van der Waals surface area (Å²) in [6, 6.07) is 2.50. The molecule has 0 aliphatic carbocycles. The molecule has 7 heteroatoms. The normalized spacial score (nSPS) is 19.1. The predicted octanol–water partition coefficient (Wildman–Crippen LogP) is 1.31. The summed E-state index contributed by atoms with van der Waals surface area (Å²) in [5, 5.41) is 16.5. The summed E-state index contributed by atoms with van der Waals surface area (Å²) < 4.78 is 4.83. The fraction of sp³-hybridized carbons (Fsp3) is 0.583. The molecule has 1 aliphatic rings. The highest BCUT2D eigenvalue weighted by molar-refractivity contribution is 5.91. The molecule has 0 aromatic carbocycles. The van der Waals surface area contributed by atoms with Gasteiger partial charge in [-0.25, -0.2) is 0 Å². The van der Waals surface area contributed by atoms with Crippen LogP contribution in [0.3, 0.4) is 0 Å². The first kappa shape index (κ1) is 13.5. The molecule has 2 rings (SSSR count). The molecule has 1 atom stereocenters. The van der Waals surface area contributed by atoms with Crippen LogP contribution in [0.4, 0.5) is 5.88 Å². The molecule has 0 bridgehead atoms. The fourth-order valence-electron chi connectivity index (χ4n) is 2.20. The van der Waals surface area contributed by atoms with Gasteiger partial charge in [-0.1, -0.05) is 0 Å². The zero-order valence-corrected chi connectivity index (χ0v) is 10.6. The lowest BCUT2D eigenvalue weighted by atomic mass is 9.96. The summed E-state index contributed by atoms with van der Waals surface area (Å²) in [6.45, 7) is 2.61. The molecule has 1 fully saturated rings. The van der Waals surface area contributed by atoms with Gasteiger partial charge in [-0.3, -0.25) is 14.9 Å². The summed E-state index contributed by atoms with van der Waals surface area (Å²) in [4.78, 5) is 21.4. The first-order valence-electron chi connectivity index (χ1n) is 6.40. The fourth-order valence-corrected chi connectivity index (χ4v) is 2.20. The number of nitrogens with one attached hydrogen (secondary N) is 2. The van der Waals surface area contributed by atoms with E-state index < -0.39 is 16.7 Å². The summed E-state index contributed by atoms with van der Waals surface area (Å²) in [7, 11) is 0. The van der Waals surface area contributed by atoms with E-state index in [9.17, 15) is 14.9 Å². The van der Waals surface area contributed by atoms with Gasteiger partial charge in [0.2, 0.25) is 0 Å². The van der Waals surface area contributed by atoms with Crippen molar-refractivity contribution in [3.63, 3.8) is 0 Å². The van der Waals surface area contributed by atoms with E-state index in [-0.39, 0.29) is 5.76 Å². The monoisotopic (exact) mass is 267 g/mol. The number of carbonyl (C=O) groups is 1. The maximum absolute atomic E-state index is 11.7. The zero-order valence-electron chi connectivity index (χ0n) is 10.6. The molecule has 0 spiro atoms. The Morgan fingerprint density at radius 2 is 2.42 bits per heavy atom. The van der Waals surface area contributed by atoms with Gasteiger partial charge < -0.3 is 15.1 Å². The number of furan rings is 1. The highest BCUT2D eigenvalue weighted by Gasteiger charge is 2.18. The van der Waals surface area contributed by atoms with E-state index in [1.165, 1.54) is 25.0 Å². The van der Waals surface area contributed by atoms with Crippen LogP contribution in [0.15, 0.2) is 16.5 Å². The van der Waals surface area contributed by atoms with Crippen molar-refractivity contribution in [1.82, 2.24) is 10.6 Å². The molecule has 1 amide bonds. The lowest BCUT2D eigenvalue weighted by molar-refractivity contribution is -0.402. The van der Waals surface area contributed by atoms with E-state index in [0.717, 1.165) is 19.5 Å². The minimum Gasteiger partial charge on any atom is -0.395 e. The second-order valence-corrected chi connectivity index (χ2v) is 4.65. The third-order valence-electron chi connectivity index (χ3n) is 3.23. The Morgan fingerprint density at radius 1 is 1.58 bits per heavy atom. The van der Waals surface area contributed by atoms with Gasteiger partial charge in [0.15, 0.2) is 5.76 Å². The van der Waals surface area contributed by atoms with Crippen molar-refractivity contribution in [1.29, 1.82) is 0 Å². The van der Waals surface area contributed by atoms with Crippen LogP contribution in [0.5, 0.6) is 0 Å². The van der Waals surface area contributed by atoms with Crippen LogP contribution in [-0.2, 0) is 0 Å². The molecule has 1 aliphatic heterocycles. The number of piperidine rings is 1. The maximum atomic E-state index is 11.7. The van der Waals surface area contributed by atoms with Crippen molar-refractivity contribution in [2.75, 3.05) is 19.6 Å². The highest BCUT2D eigenvalue weighted by Crippen LogP contribution is 2.16. The van der Waals surface area contributed by atoms with Crippen molar-refractivity contribution in [2.45, 2.75) is 19.3 Å². The Morgan fingerprint density at radius 3 is 3.05 bits per heavy atom. The lowest BCUT2D eigenvalue weighted by Crippen LogP contribution is -2.33. The van der Waals surface area contributed by atoms with E-state index in [1.54, 1.807) is 0 Å². The molecular weight excluding hydrogens is 250 g/mol. The zero-order chi connectivity index (χ0) is 13.7. The third kappa shape index (κ3) is 3.78. The molecule has 1 saturated heterocycles. The second kappa shape index (κ2) is 6.33. The molecule has 2 heterocycles. The standard InChI is InChI=1S/C12H17N3O4/c16-12(10-3-4-11(19-10)15(17)18)14-7-5-9-2-1-6-13-8-9/h3-4,9,13H,1-2,5-8H2,(H,14,16). The quantitative estimate of drug-likeness (QED) is 0.619. The van der Waals surface area contributed by atoms with Crippen molar-refractivity contribution in [3.8, 4) is 0 Å². The van der Waals surface area contributed by atoms with Gasteiger partial charge >= 0.3 is 5.88 Å². The van der Waals surface area contributed by atoms with Gasteiger partial charge in [0.1, 0.15) is 4.92 Å². The molecule has 1 aromatic rings. The lowest BCUT2D eigenvalue weighted by Gasteiger charge is -2.22. The Kier molecular flexibility index (Phi) is 4.51. The third-order valence-corrected chi connectivity index (χ3v) is 3.23. The minimum atomic E-state index is -0.662. The second-order valence-electron chi connectivity index (χ2n) is 4.65. The average molecular weight is 267 g/mol. The van der Waals surface area contributed by atoms with Crippen LogP contribution in [0.25, 0.3) is 0 Å². The largest absolute Gasteiger partial charge is 0.433 e. The van der Waals surface area contributed by atoms with Gasteiger partial charge in [0, 0.05) is 6.54 Å². The van der Waals surface area contributed by atoms with Crippen LogP contribution in [0.2, 0.25) is 0 Å². The number of amides is 1. The number of nitrogens with zero attached hydrogens (tertiary/aromatic N) is 1. The number of hydrogen-bond donors (Lipinski definition) is 2. The van der Waals surface area contributed by atoms with Crippen molar-refractivity contribution in [3.05, 3.63) is 28.0 Å². The van der Waals surface area contributed by atoms with Crippen LogP contribution in [0, 0.1) is 16.0 Å². The van der Waals surface area contributed by atoms with Gasteiger partial charge in [0.25, 0.3) is 5.91 Å². The van der Waals surface area contributed by atoms with Crippen molar-refractivity contribution < 1.29 is 14.1 Å². The maximum Gasteiger partial charge on any atom is 0.433 e. The summed E-state index contributed by atoms with van der Waals surface area (Å²) >= 11 is 0. The van der Waals surface area contributed by atoms with Crippen LogP contribution in [-0.4, -0.2) is 30.5 Å². The van der Waals surface area contributed by atoms with E-state index in [2.05, 4.69) is 10.6 Å². The molecular formula is C12H17N3O4. The molecule has 1 unspecified atom stereocenters. The Balaban J connectivity index is 1.75. The number of rotatable bonds is 5. The predicted molar refractivity (Wildman–Crippen MR) is 67.9 cm³/mol. The Bertz CT molecular complexity index is 452. The van der Waals surface area contributed by atoms with Crippen LogP contribution >= 0.6 is 0 Å². The van der Waals surface area contributed by atoms with E-state index in [4.69, 9.17) is 4.42 Å². The highest BCUT2D eigenvalue weighted by atomic mass is 16.6. The van der Waals surface area contributed by atoms with Gasteiger partial charge in [-0.15, -0.1) is 0 Å². The number of nitro groups is 1. The molecule has 19 heavy (non-hydrogen) atoms.